The molecule has 27 heavy (non-hydrogen) atoms. The Hall–Kier alpha value is -1.73. The number of alkyl halides is 2. The zero-order chi connectivity index (χ0) is 18.8. The van der Waals surface area contributed by atoms with Crippen LogP contribution in [0.4, 0.5) is 8.78 Å². The summed E-state index contributed by atoms with van der Waals surface area (Å²) in [6.07, 6.45) is 1.24. The molecule has 1 heterocycles. The Labute approximate surface area is 163 Å². The Morgan fingerprint density at radius 1 is 1.37 bits per heavy atom. The molecule has 3 atom stereocenters. The molecule has 1 saturated carbocycles. The summed E-state index contributed by atoms with van der Waals surface area (Å²) in [5.41, 5.74) is -1.78. The minimum absolute atomic E-state index is 0. The maximum atomic E-state index is 13.7. The number of aliphatic hydroxyl groups is 1. The lowest BCUT2D eigenvalue weighted by atomic mass is 9.80. The Bertz CT molecular complexity index is 662. The number of esters is 1. The van der Waals surface area contributed by atoms with Gasteiger partial charge in [0.25, 0.3) is 0 Å². The normalized spacial score (nSPS) is 26.1. The molecule has 3 rings (SSSR count). The zero-order valence-electron chi connectivity index (χ0n) is 14.9. The summed E-state index contributed by atoms with van der Waals surface area (Å²) in [6.45, 7) is 1.45. The highest BCUT2D eigenvalue weighted by Gasteiger charge is 2.54. The fourth-order valence-corrected chi connectivity index (χ4v) is 3.94. The highest BCUT2D eigenvalue weighted by atomic mass is 35.5. The molecule has 2 fully saturated rings. The molecule has 0 aromatic heterocycles. The maximum absolute atomic E-state index is 13.7. The molecule has 1 aliphatic heterocycles. The number of nitrogens with one attached hydrogen (secondary N) is 1. The Morgan fingerprint density at radius 3 is 2.63 bits per heavy atom. The van der Waals surface area contributed by atoms with Gasteiger partial charge in [-0.3, -0.25) is 5.41 Å². The molecule has 2 N–H and O–H groups in total. The van der Waals surface area contributed by atoms with Crippen LogP contribution in [0.1, 0.15) is 31.2 Å². The number of halogens is 3. The van der Waals surface area contributed by atoms with Crippen molar-refractivity contribution in [3.05, 3.63) is 35.9 Å². The standard InChI is InChI=1S/C19H24F2N2O3.ClH/c20-18(21)8-6-16(10-18)19(25,15-4-2-1-3-5-15)17(24)26-12-14-7-9-23(11-14)13-22;/h1-5,13-14,16,22,25H,6-12H2;1H/t14-,16+,19-;/m0./s1. The number of carbonyl (C=O) groups excluding carboxylic acids is 1. The topological polar surface area (TPSA) is 73.6 Å². The Balaban J connectivity index is 0.00000261. The summed E-state index contributed by atoms with van der Waals surface area (Å²) in [6, 6.07) is 8.22. The predicted molar refractivity (Wildman–Crippen MR) is 99.3 cm³/mol. The first kappa shape index (κ1) is 21.6. The number of hydrogen-bond acceptors (Lipinski definition) is 4. The quantitative estimate of drug-likeness (QED) is 0.435. The van der Waals surface area contributed by atoms with Crippen LogP contribution in [0.25, 0.3) is 0 Å². The van der Waals surface area contributed by atoms with Gasteiger partial charge in [0.1, 0.15) is 0 Å². The first-order valence-electron chi connectivity index (χ1n) is 8.93. The van der Waals surface area contributed by atoms with Gasteiger partial charge >= 0.3 is 5.97 Å². The number of rotatable bonds is 6. The highest BCUT2D eigenvalue weighted by Crippen LogP contribution is 2.47. The summed E-state index contributed by atoms with van der Waals surface area (Å²) in [4.78, 5) is 14.6. The van der Waals surface area contributed by atoms with Crippen LogP contribution in [0, 0.1) is 17.2 Å². The third-order valence-corrected chi connectivity index (χ3v) is 5.47. The number of likely N-dealkylation sites (tertiary alicyclic amines) is 1. The van der Waals surface area contributed by atoms with Crippen molar-refractivity contribution >= 4 is 24.7 Å². The van der Waals surface area contributed by atoms with Crippen molar-refractivity contribution in [3.63, 3.8) is 0 Å². The van der Waals surface area contributed by atoms with Crippen LogP contribution in [0.3, 0.4) is 0 Å². The molecule has 1 saturated heterocycles. The molecular formula is C19H25ClF2N2O3. The molecule has 8 heteroatoms. The van der Waals surface area contributed by atoms with Crippen LogP contribution in [-0.4, -0.2) is 47.9 Å². The van der Waals surface area contributed by atoms with E-state index in [0.717, 1.165) is 13.0 Å². The monoisotopic (exact) mass is 402 g/mol. The molecule has 1 aromatic carbocycles. The lowest BCUT2D eigenvalue weighted by molar-refractivity contribution is -0.176. The second-order valence-corrected chi connectivity index (χ2v) is 7.31. The number of ether oxygens (including phenoxy) is 1. The predicted octanol–water partition coefficient (Wildman–Crippen LogP) is 3.20. The van der Waals surface area contributed by atoms with Crippen LogP contribution >= 0.6 is 12.4 Å². The van der Waals surface area contributed by atoms with Crippen molar-refractivity contribution in [2.75, 3.05) is 19.7 Å². The highest BCUT2D eigenvalue weighted by molar-refractivity contribution is 5.85. The molecule has 150 valence electrons. The third-order valence-electron chi connectivity index (χ3n) is 5.47. The van der Waals surface area contributed by atoms with Gasteiger partial charge < -0.3 is 14.7 Å². The van der Waals surface area contributed by atoms with Crippen molar-refractivity contribution in [3.8, 4) is 0 Å². The summed E-state index contributed by atoms with van der Waals surface area (Å²) in [7, 11) is 0. The average molecular weight is 403 g/mol. The van der Waals surface area contributed by atoms with Gasteiger partial charge in [-0.2, -0.15) is 0 Å². The third kappa shape index (κ3) is 4.58. The Morgan fingerprint density at radius 2 is 2.07 bits per heavy atom. The molecule has 2 aliphatic rings. The molecule has 1 aliphatic carbocycles. The van der Waals surface area contributed by atoms with Crippen LogP contribution in [-0.2, 0) is 15.1 Å². The first-order valence-corrected chi connectivity index (χ1v) is 8.93. The van der Waals surface area contributed by atoms with Crippen molar-refractivity contribution in [2.24, 2.45) is 11.8 Å². The first-order chi connectivity index (χ1) is 12.3. The fourth-order valence-electron chi connectivity index (χ4n) is 3.94. The zero-order valence-corrected chi connectivity index (χ0v) is 15.8. The Kier molecular flexibility index (Phi) is 6.81. The van der Waals surface area contributed by atoms with E-state index in [9.17, 15) is 18.7 Å². The van der Waals surface area contributed by atoms with Gasteiger partial charge in [0.2, 0.25) is 5.92 Å². The van der Waals surface area contributed by atoms with Gasteiger partial charge in [0, 0.05) is 37.8 Å². The van der Waals surface area contributed by atoms with E-state index in [4.69, 9.17) is 10.1 Å². The van der Waals surface area contributed by atoms with Crippen LogP contribution in [0.2, 0.25) is 0 Å². The number of benzene rings is 1. The van der Waals surface area contributed by atoms with E-state index >= 15 is 0 Å². The molecular weight excluding hydrogens is 378 g/mol. The average Bonchev–Trinajstić information content (AvgIpc) is 3.25. The molecule has 0 bridgehead atoms. The summed E-state index contributed by atoms with van der Waals surface area (Å²) < 4.78 is 32.8. The van der Waals surface area contributed by atoms with Crippen LogP contribution in [0.15, 0.2) is 30.3 Å². The summed E-state index contributed by atoms with van der Waals surface area (Å²) >= 11 is 0. The largest absolute Gasteiger partial charge is 0.463 e. The molecule has 1 aromatic rings. The second kappa shape index (κ2) is 8.52. The lowest BCUT2D eigenvalue weighted by Crippen LogP contribution is -2.44. The van der Waals surface area contributed by atoms with E-state index in [2.05, 4.69) is 0 Å². The lowest BCUT2D eigenvalue weighted by Gasteiger charge is -2.32. The summed E-state index contributed by atoms with van der Waals surface area (Å²) in [5, 5.41) is 18.5. The SMILES string of the molecule is Cl.N=CN1CC[C@H](COC(=O)[C@](O)(c2ccccc2)[C@@H]2CCC(F)(F)C2)C1. The van der Waals surface area contributed by atoms with Gasteiger partial charge in [-0.25, -0.2) is 13.6 Å². The van der Waals surface area contributed by atoms with E-state index < -0.39 is 29.8 Å². The van der Waals surface area contributed by atoms with Gasteiger partial charge in [-0.1, -0.05) is 30.3 Å². The minimum atomic E-state index is -2.87. The minimum Gasteiger partial charge on any atom is -0.463 e. The number of hydrogen-bond donors (Lipinski definition) is 2. The van der Waals surface area contributed by atoms with E-state index in [-0.39, 0.29) is 37.8 Å². The maximum Gasteiger partial charge on any atom is 0.343 e. The molecule has 0 spiro atoms. The van der Waals surface area contributed by atoms with Gasteiger partial charge in [-0.05, 0) is 18.4 Å². The van der Waals surface area contributed by atoms with Crippen molar-refractivity contribution in [2.45, 2.75) is 37.2 Å². The molecule has 5 nitrogen and oxygen atoms in total. The summed E-state index contributed by atoms with van der Waals surface area (Å²) in [5.74, 6) is -4.54. The fraction of sp³-hybridized carbons (Fsp3) is 0.579. The van der Waals surface area contributed by atoms with Crippen LogP contribution in [0.5, 0.6) is 0 Å². The van der Waals surface area contributed by atoms with E-state index in [1.807, 2.05) is 4.90 Å². The van der Waals surface area contributed by atoms with E-state index in [0.29, 0.717) is 12.1 Å². The molecule has 0 amide bonds. The smallest absolute Gasteiger partial charge is 0.343 e. The number of nitrogens with zero attached hydrogens (tertiary/aromatic N) is 1. The van der Waals surface area contributed by atoms with Crippen LogP contribution < -0.4 is 0 Å². The van der Waals surface area contributed by atoms with Crippen molar-refractivity contribution < 1.29 is 23.4 Å². The van der Waals surface area contributed by atoms with Crippen molar-refractivity contribution in [1.29, 1.82) is 5.41 Å². The van der Waals surface area contributed by atoms with E-state index in [1.54, 1.807) is 30.3 Å². The number of carbonyl (C=O) groups is 1. The second-order valence-electron chi connectivity index (χ2n) is 7.31. The van der Waals surface area contributed by atoms with Gasteiger partial charge in [0.15, 0.2) is 5.60 Å². The van der Waals surface area contributed by atoms with Gasteiger partial charge in [-0.15, -0.1) is 12.4 Å². The van der Waals surface area contributed by atoms with Crippen molar-refractivity contribution in [1.82, 2.24) is 4.90 Å². The van der Waals surface area contributed by atoms with Gasteiger partial charge in [0.05, 0.1) is 12.9 Å². The molecule has 0 unspecified atom stereocenters. The van der Waals surface area contributed by atoms with E-state index in [1.165, 1.54) is 6.34 Å². The molecule has 0 radical (unpaired) electrons.